The average Bonchev–Trinajstić information content (AvgIpc) is 3.68. The highest BCUT2D eigenvalue weighted by molar-refractivity contribution is 7.22. The summed E-state index contributed by atoms with van der Waals surface area (Å²) in [6, 6.07) is 25.7. The Bertz CT molecular complexity index is 1980. The number of carbonyl (C=O) groups is 2. The molecular weight excluding hydrogens is 572 g/mol. The lowest BCUT2D eigenvalue weighted by Gasteiger charge is -2.23. The maximum Gasteiger partial charge on any atom is 0.301 e. The molecule has 0 unspecified atom stereocenters. The van der Waals surface area contributed by atoms with Crippen molar-refractivity contribution in [2.45, 2.75) is 45.9 Å². The number of ketones is 1. The van der Waals surface area contributed by atoms with E-state index >= 15 is 0 Å². The van der Waals surface area contributed by atoms with E-state index in [0.717, 1.165) is 38.2 Å². The number of ether oxygens (including phenoxy) is 2. The molecule has 1 saturated heterocycles. The third-order valence-corrected chi connectivity index (χ3v) is 9.06. The minimum atomic E-state index is -0.916. The Morgan fingerprint density at radius 1 is 1.02 bits per heavy atom. The third kappa shape index (κ3) is 4.91. The highest BCUT2D eigenvalue weighted by Gasteiger charge is 2.48. The van der Waals surface area contributed by atoms with Crippen LogP contribution in [-0.2, 0) is 22.6 Å². The molecule has 0 bridgehead atoms. The SMILES string of the molecule is Cc1cc(C)c2nc(N3C(=O)C(=O)/C(=C(/O)c4ccc5c(c4)C[C@H](C)O5)[C@@H]3c3cccc(OCc4ccccc4)c3)sc2c1. The number of nitrogens with zero attached hydrogens (tertiary/aromatic N) is 2. The molecule has 2 atom stereocenters. The molecule has 7 nitrogen and oxygen atoms in total. The van der Waals surface area contributed by atoms with E-state index in [-0.39, 0.29) is 17.4 Å². The highest BCUT2D eigenvalue weighted by Crippen LogP contribution is 2.45. The molecule has 8 heteroatoms. The predicted molar refractivity (Wildman–Crippen MR) is 171 cm³/mol. The molecule has 5 aromatic rings. The van der Waals surface area contributed by atoms with Crippen molar-refractivity contribution in [3.63, 3.8) is 0 Å². The van der Waals surface area contributed by atoms with Gasteiger partial charge in [0.05, 0.1) is 21.8 Å². The van der Waals surface area contributed by atoms with Crippen LogP contribution in [0, 0.1) is 13.8 Å². The van der Waals surface area contributed by atoms with Crippen molar-refractivity contribution in [3.8, 4) is 11.5 Å². The molecular formula is C36H30N2O5S. The van der Waals surface area contributed by atoms with Crippen LogP contribution in [0.2, 0.25) is 0 Å². The van der Waals surface area contributed by atoms with Crippen molar-refractivity contribution < 1.29 is 24.2 Å². The summed E-state index contributed by atoms with van der Waals surface area (Å²) in [5.74, 6) is -0.396. The van der Waals surface area contributed by atoms with Crippen molar-refractivity contribution in [3.05, 3.63) is 124 Å². The molecule has 4 aromatic carbocycles. The van der Waals surface area contributed by atoms with Crippen LogP contribution < -0.4 is 14.4 Å². The predicted octanol–water partition coefficient (Wildman–Crippen LogP) is 7.44. The van der Waals surface area contributed by atoms with Crippen LogP contribution in [-0.4, -0.2) is 27.9 Å². The zero-order valence-electron chi connectivity index (χ0n) is 24.5. The van der Waals surface area contributed by atoms with Gasteiger partial charge in [0, 0.05) is 12.0 Å². The van der Waals surface area contributed by atoms with Crippen molar-refractivity contribution in [1.82, 2.24) is 4.98 Å². The topological polar surface area (TPSA) is 89.0 Å². The second-order valence-electron chi connectivity index (χ2n) is 11.4. The normalized spacial score (nSPS) is 18.9. The number of fused-ring (bicyclic) bond motifs is 2. The molecule has 0 aliphatic carbocycles. The summed E-state index contributed by atoms with van der Waals surface area (Å²) in [6.45, 7) is 6.34. The summed E-state index contributed by atoms with van der Waals surface area (Å²) in [5, 5.41) is 12.1. The van der Waals surface area contributed by atoms with Gasteiger partial charge in [-0.05, 0) is 85.0 Å². The quantitative estimate of drug-likeness (QED) is 0.123. The monoisotopic (exact) mass is 602 g/mol. The van der Waals surface area contributed by atoms with E-state index in [1.54, 1.807) is 12.1 Å². The summed E-state index contributed by atoms with van der Waals surface area (Å²) in [4.78, 5) is 33.9. The summed E-state index contributed by atoms with van der Waals surface area (Å²) < 4.78 is 12.9. The number of hydrogen-bond acceptors (Lipinski definition) is 7. The number of amides is 1. The Balaban J connectivity index is 1.36. The van der Waals surface area contributed by atoms with Crippen LogP contribution in [0.5, 0.6) is 11.5 Å². The zero-order valence-corrected chi connectivity index (χ0v) is 25.4. The second-order valence-corrected chi connectivity index (χ2v) is 12.4. The number of aryl methyl sites for hydroxylation is 2. The minimum Gasteiger partial charge on any atom is -0.507 e. The van der Waals surface area contributed by atoms with Crippen LogP contribution in [0.3, 0.4) is 0 Å². The molecule has 2 aliphatic rings. The summed E-state index contributed by atoms with van der Waals surface area (Å²) in [6.07, 6.45) is 0.720. The summed E-state index contributed by atoms with van der Waals surface area (Å²) in [7, 11) is 0. The Kier molecular flexibility index (Phi) is 6.94. The largest absolute Gasteiger partial charge is 0.507 e. The van der Waals surface area contributed by atoms with Gasteiger partial charge < -0.3 is 14.6 Å². The van der Waals surface area contributed by atoms with Crippen molar-refractivity contribution in [1.29, 1.82) is 0 Å². The lowest BCUT2D eigenvalue weighted by molar-refractivity contribution is -0.132. The Morgan fingerprint density at radius 3 is 2.66 bits per heavy atom. The lowest BCUT2D eigenvalue weighted by atomic mass is 9.94. The second kappa shape index (κ2) is 11.0. The number of carbonyl (C=O) groups excluding carboxylic acids is 2. The average molecular weight is 603 g/mol. The number of hydrogen-bond donors (Lipinski definition) is 1. The molecule has 1 N–H and O–H groups in total. The number of Topliss-reactive ketones (excluding diaryl/α,β-unsaturated/α-hetero) is 1. The van der Waals surface area contributed by atoms with Crippen LogP contribution in [0.25, 0.3) is 16.0 Å². The van der Waals surface area contributed by atoms with Gasteiger partial charge in [0.25, 0.3) is 5.78 Å². The van der Waals surface area contributed by atoms with Crippen molar-refractivity contribution in [2.75, 3.05) is 4.90 Å². The number of aromatic nitrogens is 1. The molecule has 0 spiro atoms. The molecule has 0 radical (unpaired) electrons. The van der Waals surface area contributed by atoms with Gasteiger partial charge >= 0.3 is 5.91 Å². The molecule has 220 valence electrons. The van der Waals surface area contributed by atoms with Gasteiger partial charge in [0.2, 0.25) is 0 Å². The molecule has 3 heterocycles. The van der Waals surface area contributed by atoms with E-state index in [1.165, 1.54) is 16.2 Å². The van der Waals surface area contributed by atoms with E-state index < -0.39 is 17.7 Å². The van der Waals surface area contributed by atoms with E-state index in [2.05, 4.69) is 0 Å². The van der Waals surface area contributed by atoms with E-state index in [1.807, 2.05) is 93.6 Å². The highest BCUT2D eigenvalue weighted by atomic mass is 32.1. The maximum absolute atomic E-state index is 13.8. The fourth-order valence-corrected chi connectivity index (χ4v) is 7.22. The first kappa shape index (κ1) is 27.9. The smallest absolute Gasteiger partial charge is 0.301 e. The van der Waals surface area contributed by atoms with Gasteiger partial charge in [-0.15, -0.1) is 0 Å². The number of anilines is 1. The molecule has 1 aromatic heterocycles. The number of rotatable bonds is 6. The van der Waals surface area contributed by atoms with Crippen LogP contribution >= 0.6 is 11.3 Å². The molecule has 44 heavy (non-hydrogen) atoms. The molecule has 1 amide bonds. The first-order valence-electron chi connectivity index (χ1n) is 14.5. The van der Waals surface area contributed by atoms with Gasteiger partial charge in [-0.25, -0.2) is 4.98 Å². The Hall–Kier alpha value is -4.95. The van der Waals surface area contributed by atoms with Crippen LogP contribution in [0.1, 0.15) is 46.3 Å². The first-order valence-corrected chi connectivity index (χ1v) is 15.3. The first-order chi connectivity index (χ1) is 21.3. The van der Waals surface area contributed by atoms with Gasteiger partial charge in [0.1, 0.15) is 30.0 Å². The standard InChI is InChI=1S/C36H30N2O5S/c1-20-14-21(2)31-29(15-20)44-36(37-31)38-32(24-10-7-11-27(18-24)42-19-23-8-5-4-6-9-23)30(34(40)35(38)41)33(39)25-12-13-28-26(17-25)16-22(3)43-28/h4-15,17-18,22,32,39H,16,19H2,1-3H3/b33-30+/t22-,32-/m0/s1. The fraction of sp³-hybridized carbons (Fsp3) is 0.194. The number of aliphatic hydroxyl groups is 1. The van der Waals surface area contributed by atoms with Crippen LogP contribution in [0.15, 0.2) is 90.5 Å². The molecule has 7 rings (SSSR count). The third-order valence-electron chi connectivity index (χ3n) is 8.06. The van der Waals surface area contributed by atoms with Gasteiger partial charge in [-0.3, -0.25) is 14.5 Å². The number of aliphatic hydroxyl groups excluding tert-OH is 1. The summed E-state index contributed by atoms with van der Waals surface area (Å²) >= 11 is 1.35. The fourth-order valence-electron chi connectivity index (χ4n) is 6.05. The van der Waals surface area contributed by atoms with Gasteiger partial charge in [-0.2, -0.15) is 0 Å². The minimum absolute atomic E-state index is 0.00859. The summed E-state index contributed by atoms with van der Waals surface area (Å²) in [5.41, 5.74) is 5.90. The molecule has 2 aliphatic heterocycles. The van der Waals surface area contributed by atoms with Crippen LogP contribution in [0.4, 0.5) is 5.13 Å². The van der Waals surface area contributed by atoms with E-state index in [0.29, 0.717) is 35.0 Å². The van der Waals surface area contributed by atoms with Gasteiger partial charge in [-0.1, -0.05) is 59.9 Å². The molecule has 0 saturated carbocycles. The Morgan fingerprint density at radius 2 is 1.84 bits per heavy atom. The van der Waals surface area contributed by atoms with Gasteiger partial charge in [0.15, 0.2) is 5.13 Å². The van der Waals surface area contributed by atoms with E-state index in [9.17, 15) is 14.7 Å². The lowest BCUT2D eigenvalue weighted by Crippen LogP contribution is -2.29. The van der Waals surface area contributed by atoms with E-state index in [4.69, 9.17) is 14.5 Å². The maximum atomic E-state index is 13.8. The number of thiazole rings is 1. The zero-order chi connectivity index (χ0) is 30.5. The van der Waals surface area contributed by atoms with Crippen molar-refractivity contribution >= 4 is 44.1 Å². The van der Waals surface area contributed by atoms with Crippen molar-refractivity contribution in [2.24, 2.45) is 0 Å². The number of benzene rings is 4. The molecule has 1 fully saturated rings. The Labute approximate surface area is 259 Å².